The van der Waals surface area contributed by atoms with E-state index in [0.29, 0.717) is 11.8 Å². The fourth-order valence-corrected chi connectivity index (χ4v) is 3.90. The number of carbonyl (C=O) groups excluding carboxylic acids is 1. The zero-order chi connectivity index (χ0) is 20.4. The highest BCUT2D eigenvalue weighted by molar-refractivity contribution is 7.13. The quantitative estimate of drug-likeness (QED) is 0.484. The van der Waals surface area contributed by atoms with Gasteiger partial charge in [-0.25, -0.2) is 0 Å². The number of benzene rings is 1. The van der Waals surface area contributed by atoms with Crippen molar-refractivity contribution >= 4 is 22.9 Å². The minimum atomic E-state index is -0.0765. The maximum atomic E-state index is 12.6. The van der Waals surface area contributed by atoms with Gasteiger partial charge in [-0.15, -0.1) is 21.5 Å². The summed E-state index contributed by atoms with van der Waals surface area (Å²) in [6.45, 7) is 6.26. The Morgan fingerprint density at radius 2 is 1.90 bits per heavy atom. The molecule has 0 radical (unpaired) electrons. The molecule has 0 saturated heterocycles. The standard InChI is InChI=1S/C22H22N4O2S/c1-4-16-7-9-17(10-8-16)23-20(27)13-26-14(2)12-18(15(26)3)21-24-25-22(28-21)19-6-5-11-29-19/h5-12H,4,13H2,1-3H3,(H,23,27). The number of nitrogens with zero attached hydrogens (tertiary/aromatic N) is 3. The van der Waals surface area contributed by atoms with Crippen LogP contribution in [0.2, 0.25) is 0 Å². The molecule has 0 fully saturated rings. The van der Waals surface area contributed by atoms with Gasteiger partial charge in [0.15, 0.2) is 0 Å². The molecule has 1 N–H and O–H groups in total. The maximum Gasteiger partial charge on any atom is 0.258 e. The van der Waals surface area contributed by atoms with Crippen LogP contribution in [-0.4, -0.2) is 20.7 Å². The number of amides is 1. The molecule has 1 aromatic carbocycles. The van der Waals surface area contributed by atoms with Crippen LogP contribution in [0.4, 0.5) is 5.69 Å². The molecule has 4 aromatic rings. The monoisotopic (exact) mass is 406 g/mol. The Morgan fingerprint density at radius 3 is 2.59 bits per heavy atom. The van der Waals surface area contributed by atoms with Crippen molar-refractivity contribution in [1.29, 1.82) is 0 Å². The molecule has 0 saturated carbocycles. The molecular weight excluding hydrogens is 384 g/mol. The van der Waals surface area contributed by atoms with Crippen LogP contribution in [0.3, 0.4) is 0 Å². The van der Waals surface area contributed by atoms with Crippen molar-refractivity contribution in [2.45, 2.75) is 33.7 Å². The minimum absolute atomic E-state index is 0.0765. The highest BCUT2D eigenvalue weighted by Gasteiger charge is 2.18. The molecule has 3 aromatic heterocycles. The van der Waals surface area contributed by atoms with Gasteiger partial charge in [0.05, 0.1) is 10.4 Å². The first-order valence-electron chi connectivity index (χ1n) is 9.48. The van der Waals surface area contributed by atoms with Gasteiger partial charge in [0.1, 0.15) is 6.54 Å². The zero-order valence-corrected chi connectivity index (χ0v) is 17.4. The molecule has 0 aliphatic carbocycles. The van der Waals surface area contributed by atoms with Gasteiger partial charge in [-0.1, -0.05) is 25.1 Å². The molecule has 3 heterocycles. The Morgan fingerprint density at radius 1 is 1.14 bits per heavy atom. The number of thiophene rings is 1. The number of aromatic nitrogens is 3. The molecule has 0 aliphatic rings. The van der Waals surface area contributed by atoms with Crippen molar-refractivity contribution < 1.29 is 9.21 Å². The molecule has 0 unspecified atom stereocenters. The number of hydrogen-bond acceptors (Lipinski definition) is 5. The fraction of sp³-hybridized carbons (Fsp3) is 0.227. The fourth-order valence-electron chi connectivity index (χ4n) is 3.26. The smallest absolute Gasteiger partial charge is 0.258 e. The van der Waals surface area contributed by atoms with Gasteiger partial charge >= 0.3 is 0 Å². The van der Waals surface area contributed by atoms with E-state index < -0.39 is 0 Å². The Hall–Kier alpha value is -3.19. The summed E-state index contributed by atoms with van der Waals surface area (Å²) < 4.78 is 7.82. The first-order chi connectivity index (χ1) is 14.0. The van der Waals surface area contributed by atoms with E-state index in [1.54, 1.807) is 11.3 Å². The first kappa shape index (κ1) is 19.1. The molecule has 29 heavy (non-hydrogen) atoms. The summed E-state index contributed by atoms with van der Waals surface area (Å²) in [4.78, 5) is 13.5. The third-order valence-corrected chi connectivity index (χ3v) is 5.77. The van der Waals surface area contributed by atoms with E-state index in [1.165, 1.54) is 5.56 Å². The normalized spacial score (nSPS) is 11.0. The van der Waals surface area contributed by atoms with Crippen LogP contribution in [0.5, 0.6) is 0 Å². The van der Waals surface area contributed by atoms with E-state index in [0.717, 1.165) is 33.9 Å². The predicted octanol–water partition coefficient (Wildman–Crippen LogP) is 5.08. The molecule has 0 bridgehead atoms. The second-order valence-electron chi connectivity index (χ2n) is 6.86. The average molecular weight is 407 g/mol. The molecule has 6 nitrogen and oxygen atoms in total. The van der Waals surface area contributed by atoms with Crippen molar-refractivity contribution in [1.82, 2.24) is 14.8 Å². The Kier molecular flexibility index (Phi) is 5.31. The summed E-state index contributed by atoms with van der Waals surface area (Å²) in [5, 5.41) is 13.3. The van der Waals surface area contributed by atoms with Gasteiger partial charge in [-0.3, -0.25) is 4.79 Å². The van der Waals surface area contributed by atoms with E-state index in [4.69, 9.17) is 4.42 Å². The average Bonchev–Trinajstić information content (AvgIpc) is 3.45. The molecule has 4 rings (SSSR count). The van der Waals surface area contributed by atoms with Crippen LogP contribution >= 0.6 is 11.3 Å². The molecule has 0 atom stereocenters. The molecule has 0 aliphatic heterocycles. The third-order valence-electron chi connectivity index (χ3n) is 4.91. The highest BCUT2D eigenvalue weighted by Crippen LogP contribution is 2.30. The maximum absolute atomic E-state index is 12.6. The summed E-state index contributed by atoms with van der Waals surface area (Å²) in [6, 6.07) is 13.8. The number of hydrogen-bond donors (Lipinski definition) is 1. The SMILES string of the molecule is CCc1ccc(NC(=O)Cn2c(C)cc(-c3nnc(-c4cccs4)o3)c2C)cc1. The molecule has 0 spiro atoms. The topological polar surface area (TPSA) is 73.0 Å². The summed E-state index contributed by atoms with van der Waals surface area (Å²) in [5.74, 6) is 0.892. The van der Waals surface area contributed by atoms with Gasteiger partial charge in [0.25, 0.3) is 5.89 Å². The van der Waals surface area contributed by atoms with Gasteiger partial charge in [0, 0.05) is 17.1 Å². The lowest BCUT2D eigenvalue weighted by atomic mass is 10.1. The van der Waals surface area contributed by atoms with Crippen LogP contribution in [-0.2, 0) is 17.8 Å². The number of aryl methyl sites for hydroxylation is 2. The van der Waals surface area contributed by atoms with Crippen molar-refractivity contribution in [3.05, 3.63) is 64.8 Å². The highest BCUT2D eigenvalue weighted by atomic mass is 32.1. The summed E-state index contributed by atoms with van der Waals surface area (Å²) in [5.41, 5.74) is 4.77. The molecule has 7 heteroatoms. The van der Waals surface area contributed by atoms with E-state index in [9.17, 15) is 4.79 Å². The lowest BCUT2D eigenvalue weighted by Crippen LogP contribution is -2.20. The number of rotatable bonds is 6. The van der Waals surface area contributed by atoms with E-state index in [1.807, 2.05) is 66.3 Å². The summed E-state index contributed by atoms with van der Waals surface area (Å²) >= 11 is 1.55. The summed E-state index contributed by atoms with van der Waals surface area (Å²) in [6.07, 6.45) is 0.975. The largest absolute Gasteiger partial charge is 0.415 e. The Labute approximate surface area is 173 Å². The van der Waals surface area contributed by atoms with Crippen molar-refractivity contribution in [2.75, 3.05) is 5.32 Å². The Balaban J connectivity index is 1.51. The van der Waals surface area contributed by atoms with Crippen molar-refractivity contribution in [2.24, 2.45) is 0 Å². The Bertz CT molecular complexity index is 1120. The lowest BCUT2D eigenvalue weighted by molar-refractivity contribution is -0.116. The molecule has 148 valence electrons. The zero-order valence-electron chi connectivity index (χ0n) is 16.6. The summed E-state index contributed by atoms with van der Waals surface area (Å²) in [7, 11) is 0. The van der Waals surface area contributed by atoms with Crippen LogP contribution in [0.25, 0.3) is 22.2 Å². The first-order valence-corrected chi connectivity index (χ1v) is 10.4. The third kappa shape index (κ3) is 4.00. The van der Waals surface area contributed by atoms with Crippen LogP contribution in [0.1, 0.15) is 23.9 Å². The van der Waals surface area contributed by atoms with E-state index >= 15 is 0 Å². The number of carbonyl (C=O) groups is 1. The van der Waals surface area contributed by atoms with Crippen molar-refractivity contribution in [3.8, 4) is 22.2 Å². The minimum Gasteiger partial charge on any atom is -0.415 e. The lowest BCUT2D eigenvalue weighted by Gasteiger charge is -2.10. The number of anilines is 1. The van der Waals surface area contributed by atoms with Gasteiger partial charge in [-0.05, 0) is 55.5 Å². The van der Waals surface area contributed by atoms with Gasteiger partial charge in [0.2, 0.25) is 11.8 Å². The second-order valence-corrected chi connectivity index (χ2v) is 7.81. The molecular formula is C22H22N4O2S. The predicted molar refractivity (Wildman–Crippen MR) is 115 cm³/mol. The molecule has 1 amide bonds. The van der Waals surface area contributed by atoms with E-state index in [-0.39, 0.29) is 12.5 Å². The van der Waals surface area contributed by atoms with Crippen molar-refractivity contribution in [3.63, 3.8) is 0 Å². The van der Waals surface area contributed by atoms with Crippen LogP contribution < -0.4 is 5.32 Å². The van der Waals surface area contributed by atoms with Gasteiger partial charge in [-0.2, -0.15) is 0 Å². The van der Waals surface area contributed by atoms with Crippen LogP contribution in [0, 0.1) is 13.8 Å². The second kappa shape index (κ2) is 8.05. The van der Waals surface area contributed by atoms with E-state index in [2.05, 4.69) is 22.4 Å². The van der Waals surface area contributed by atoms with Crippen LogP contribution in [0.15, 0.2) is 52.3 Å². The number of nitrogens with one attached hydrogen (secondary N) is 1. The van der Waals surface area contributed by atoms with Gasteiger partial charge < -0.3 is 14.3 Å².